The van der Waals surface area contributed by atoms with Crippen LogP contribution in [0, 0.1) is 3.70 Å². The molecule has 3 nitrogen and oxygen atoms in total. The third-order valence-electron chi connectivity index (χ3n) is 1.95. The number of nitrogens with zero attached hydrogens (tertiary/aromatic N) is 1. The van der Waals surface area contributed by atoms with E-state index in [1.54, 1.807) is 0 Å². The predicted molar refractivity (Wildman–Crippen MR) is 64.5 cm³/mol. The average Bonchev–Trinajstić information content (AvgIpc) is 2.83. The van der Waals surface area contributed by atoms with Crippen LogP contribution in [0.1, 0.15) is 6.92 Å². The molecule has 76 valence electrons. The summed E-state index contributed by atoms with van der Waals surface area (Å²) in [5.74, 6) is 0.766. The minimum absolute atomic E-state index is 0.0809. The highest BCUT2D eigenvalue weighted by molar-refractivity contribution is 14.1. The Labute approximate surface area is 104 Å². The number of hydrogen-bond donors (Lipinski definition) is 0. The van der Waals surface area contributed by atoms with Gasteiger partial charge >= 0.3 is 0 Å². The lowest BCUT2D eigenvalue weighted by atomic mass is 10.2. The van der Waals surface area contributed by atoms with Gasteiger partial charge in [0.05, 0.1) is 6.61 Å². The summed E-state index contributed by atoms with van der Waals surface area (Å²) in [4.78, 5) is 4.23. The van der Waals surface area contributed by atoms with Gasteiger partial charge in [-0.1, -0.05) is 0 Å². The van der Waals surface area contributed by atoms with Crippen LogP contribution in [0.25, 0.3) is 0 Å². The van der Waals surface area contributed by atoms with E-state index in [1.807, 2.05) is 19.1 Å². The van der Waals surface area contributed by atoms with E-state index < -0.39 is 0 Å². The van der Waals surface area contributed by atoms with Gasteiger partial charge in [0.25, 0.3) is 0 Å². The highest BCUT2D eigenvalue weighted by atomic mass is 127. The fourth-order valence-corrected chi connectivity index (χ4v) is 2.13. The SMILES string of the molecule is CC1(COc2ccc(I)nc2Br)CO1. The molecule has 0 aromatic carbocycles. The van der Waals surface area contributed by atoms with Crippen LogP contribution >= 0.6 is 38.5 Å². The smallest absolute Gasteiger partial charge is 0.152 e. The first-order valence-electron chi connectivity index (χ1n) is 4.18. The van der Waals surface area contributed by atoms with Crippen molar-refractivity contribution in [2.75, 3.05) is 13.2 Å². The molecule has 0 radical (unpaired) electrons. The number of halogens is 2. The summed E-state index contributed by atoms with van der Waals surface area (Å²) in [6.07, 6.45) is 0. The molecule has 0 amide bonds. The van der Waals surface area contributed by atoms with Gasteiger partial charge in [-0.05, 0) is 57.6 Å². The summed E-state index contributed by atoms with van der Waals surface area (Å²) in [5.41, 5.74) is -0.0809. The lowest BCUT2D eigenvalue weighted by molar-refractivity contribution is 0.201. The van der Waals surface area contributed by atoms with Gasteiger partial charge in [0.1, 0.15) is 20.5 Å². The Morgan fingerprint density at radius 3 is 3.00 bits per heavy atom. The number of aromatic nitrogens is 1. The predicted octanol–water partition coefficient (Wildman–Crippen LogP) is 2.62. The highest BCUT2D eigenvalue weighted by Crippen LogP contribution is 2.29. The van der Waals surface area contributed by atoms with E-state index in [0.717, 1.165) is 20.7 Å². The number of pyridine rings is 1. The Hall–Kier alpha value is 0.120. The number of rotatable bonds is 3. The summed E-state index contributed by atoms with van der Waals surface area (Å²) < 4.78 is 12.5. The standard InChI is InChI=1S/C9H9BrINO2/c1-9(5-14-9)4-13-6-2-3-7(11)12-8(6)10/h2-3H,4-5H2,1H3. The quantitative estimate of drug-likeness (QED) is 0.466. The van der Waals surface area contributed by atoms with Gasteiger partial charge in [-0.15, -0.1) is 0 Å². The van der Waals surface area contributed by atoms with Gasteiger partial charge < -0.3 is 9.47 Å². The molecule has 0 N–H and O–H groups in total. The molecular weight excluding hydrogens is 361 g/mol. The van der Waals surface area contributed by atoms with Crippen LogP contribution in [0.3, 0.4) is 0 Å². The lowest BCUT2D eigenvalue weighted by Crippen LogP contribution is -2.17. The van der Waals surface area contributed by atoms with Gasteiger partial charge in [-0.3, -0.25) is 0 Å². The molecule has 1 unspecified atom stereocenters. The van der Waals surface area contributed by atoms with Crippen molar-refractivity contribution in [2.45, 2.75) is 12.5 Å². The summed E-state index contributed by atoms with van der Waals surface area (Å²) in [5, 5.41) is 0. The maximum atomic E-state index is 5.58. The molecule has 1 aliphatic rings. The van der Waals surface area contributed by atoms with Crippen molar-refractivity contribution in [1.82, 2.24) is 4.98 Å². The Kier molecular flexibility index (Phi) is 2.99. The second kappa shape index (κ2) is 3.94. The van der Waals surface area contributed by atoms with Crippen LogP contribution in [0.5, 0.6) is 5.75 Å². The Bertz CT molecular complexity index is 355. The second-order valence-electron chi connectivity index (χ2n) is 3.45. The van der Waals surface area contributed by atoms with E-state index in [-0.39, 0.29) is 5.60 Å². The van der Waals surface area contributed by atoms with E-state index in [2.05, 4.69) is 43.5 Å². The molecule has 0 spiro atoms. The van der Waals surface area contributed by atoms with Gasteiger partial charge in [0, 0.05) is 0 Å². The molecule has 1 aromatic rings. The fraction of sp³-hybridized carbons (Fsp3) is 0.444. The van der Waals surface area contributed by atoms with E-state index in [4.69, 9.17) is 9.47 Å². The number of hydrogen-bond acceptors (Lipinski definition) is 3. The van der Waals surface area contributed by atoms with Crippen molar-refractivity contribution in [3.8, 4) is 5.75 Å². The van der Waals surface area contributed by atoms with Crippen molar-refractivity contribution in [2.24, 2.45) is 0 Å². The molecular formula is C9H9BrINO2. The molecule has 1 atom stereocenters. The lowest BCUT2D eigenvalue weighted by Gasteiger charge is -2.09. The van der Waals surface area contributed by atoms with Gasteiger partial charge in [-0.25, -0.2) is 4.98 Å². The van der Waals surface area contributed by atoms with Crippen LogP contribution in [0.2, 0.25) is 0 Å². The molecule has 1 aliphatic heterocycles. The van der Waals surface area contributed by atoms with Gasteiger partial charge in [0.2, 0.25) is 0 Å². The normalized spacial score (nSPS) is 24.8. The zero-order valence-corrected chi connectivity index (χ0v) is 11.3. The van der Waals surface area contributed by atoms with Crippen molar-refractivity contribution in [1.29, 1.82) is 0 Å². The molecule has 1 fully saturated rings. The first-order valence-corrected chi connectivity index (χ1v) is 6.05. The summed E-state index contributed by atoms with van der Waals surface area (Å²) in [6.45, 7) is 3.39. The van der Waals surface area contributed by atoms with Crippen molar-refractivity contribution in [3.63, 3.8) is 0 Å². The minimum Gasteiger partial charge on any atom is -0.488 e. The van der Waals surface area contributed by atoms with Crippen LogP contribution < -0.4 is 4.74 Å². The molecule has 2 heterocycles. The number of epoxide rings is 1. The highest BCUT2D eigenvalue weighted by Gasteiger charge is 2.40. The summed E-state index contributed by atoms with van der Waals surface area (Å²) in [7, 11) is 0. The van der Waals surface area contributed by atoms with E-state index in [9.17, 15) is 0 Å². The summed E-state index contributed by atoms with van der Waals surface area (Å²) >= 11 is 5.51. The zero-order chi connectivity index (χ0) is 10.2. The molecule has 1 saturated heterocycles. The molecule has 0 bridgehead atoms. The third-order valence-corrected chi connectivity index (χ3v) is 3.12. The zero-order valence-electron chi connectivity index (χ0n) is 7.59. The second-order valence-corrected chi connectivity index (χ2v) is 5.31. The van der Waals surface area contributed by atoms with E-state index >= 15 is 0 Å². The first-order chi connectivity index (χ1) is 6.59. The molecule has 1 aromatic heterocycles. The van der Waals surface area contributed by atoms with Crippen molar-refractivity contribution < 1.29 is 9.47 Å². The maximum Gasteiger partial charge on any atom is 0.152 e. The Balaban J connectivity index is 2.02. The first kappa shape index (κ1) is 10.6. The maximum absolute atomic E-state index is 5.58. The fourth-order valence-electron chi connectivity index (χ4n) is 0.944. The third kappa shape index (κ3) is 2.58. The molecule has 5 heteroatoms. The van der Waals surface area contributed by atoms with Crippen LogP contribution in [-0.2, 0) is 4.74 Å². The topological polar surface area (TPSA) is 34.6 Å². The summed E-state index contributed by atoms with van der Waals surface area (Å²) in [6, 6.07) is 3.82. The van der Waals surface area contributed by atoms with Crippen molar-refractivity contribution in [3.05, 3.63) is 20.4 Å². The van der Waals surface area contributed by atoms with E-state index in [1.165, 1.54) is 0 Å². The average molecular weight is 370 g/mol. The van der Waals surface area contributed by atoms with E-state index in [0.29, 0.717) is 6.61 Å². The van der Waals surface area contributed by atoms with Crippen LogP contribution in [0.4, 0.5) is 0 Å². The largest absolute Gasteiger partial charge is 0.488 e. The van der Waals surface area contributed by atoms with Gasteiger partial charge in [0.15, 0.2) is 5.75 Å². The van der Waals surface area contributed by atoms with Crippen molar-refractivity contribution >= 4 is 38.5 Å². The molecule has 14 heavy (non-hydrogen) atoms. The van der Waals surface area contributed by atoms with Crippen LogP contribution in [-0.4, -0.2) is 23.8 Å². The minimum atomic E-state index is -0.0809. The Morgan fingerprint density at radius 2 is 2.43 bits per heavy atom. The Morgan fingerprint density at radius 1 is 1.71 bits per heavy atom. The monoisotopic (exact) mass is 369 g/mol. The van der Waals surface area contributed by atoms with Crippen LogP contribution in [0.15, 0.2) is 16.7 Å². The molecule has 0 aliphatic carbocycles. The van der Waals surface area contributed by atoms with Gasteiger partial charge in [-0.2, -0.15) is 0 Å². The molecule has 2 rings (SSSR count). The number of ether oxygens (including phenoxy) is 2. The molecule has 0 saturated carbocycles.